The number of hydrogen-bond acceptors (Lipinski definition) is 5. The molecule has 0 aliphatic rings. The van der Waals surface area contributed by atoms with Gasteiger partial charge in [0.2, 0.25) is 11.7 Å². The molecule has 0 fully saturated rings. The molecule has 0 saturated heterocycles. The van der Waals surface area contributed by atoms with Crippen molar-refractivity contribution in [3.63, 3.8) is 0 Å². The van der Waals surface area contributed by atoms with Crippen LogP contribution in [0.15, 0.2) is 34.9 Å². The summed E-state index contributed by atoms with van der Waals surface area (Å²) in [5.74, 6) is 2.28. The van der Waals surface area contributed by atoms with Crippen LogP contribution in [0, 0.1) is 0 Å². The minimum absolute atomic E-state index is 0.0318. The van der Waals surface area contributed by atoms with E-state index < -0.39 is 0 Å². The number of methoxy groups -OCH3 is 3. The van der Waals surface area contributed by atoms with Crippen LogP contribution >= 0.6 is 0 Å². The maximum atomic E-state index is 12.4. The molecule has 1 aromatic heterocycles. The smallest absolute Gasteiger partial charge is 0.227 e. The molecule has 1 aromatic carbocycles. The Kier molecular flexibility index (Phi) is 5.51. The minimum Gasteiger partial charge on any atom is -0.493 e. The number of ether oxygens (including phenoxy) is 3. The zero-order valence-electron chi connectivity index (χ0n) is 13.8. The van der Waals surface area contributed by atoms with Crippen LogP contribution in [0.3, 0.4) is 0 Å². The summed E-state index contributed by atoms with van der Waals surface area (Å²) >= 11 is 0. The van der Waals surface area contributed by atoms with Gasteiger partial charge in [-0.3, -0.25) is 4.79 Å². The molecule has 0 N–H and O–H groups in total. The minimum atomic E-state index is -0.0318. The van der Waals surface area contributed by atoms with E-state index in [-0.39, 0.29) is 12.3 Å². The number of furan rings is 1. The molecule has 23 heavy (non-hydrogen) atoms. The Labute approximate surface area is 135 Å². The summed E-state index contributed by atoms with van der Waals surface area (Å²) in [5, 5.41) is 0. The van der Waals surface area contributed by atoms with E-state index in [4.69, 9.17) is 18.6 Å². The number of carbonyl (C=O) groups is 1. The summed E-state index contributed by atoms with van der Waals surface area (Å²) < 4.78 is 21.1. The highest BCUT2D eigenvalue weighted by Gasteiger charge is 2.17. The molecule has 0 bridgehead atoms. The third-order valence-electron chi connectivity index (χ3n) is 3.48. The van der Waals surface area contributed by atoms with Crippen molar-refractivity contribution in [2.24, 2.45) is 0 Å². The van der Waals surface area contributed by atoms with E-state index in [1.165, 1.54) is 0 Å². The highest BCUT2D eigenvalue weighted by atomic mass is 16.5. The van der Waals surface area contributed by atoms with Gasteiger partial charge in [0.1, 0.15) is 5.76 Å². The molecule has 0 aliphatic carbocycles. The third kappa shape index (κ3) is 3.97. The lowest BCUT2D eigenvalue weighted by molar-refractivity contribution is -0.129. The lowest BCUT2D eigenvalue weighted by atomic mass is 10.1. The molecule has 2 aromatic rings. The molecule has 6 heteroatoms. The van der Waals surface area contributed by atoms with Crippen molar-refractivity contribution in [2.75, 3.05) is 28.4 Å². The van der Waals surface area contributed by atoms with Gasteiger partial charge in [-0.1, -0.05) is 0 Å². The summed E-state index contributed by atoms with van der Waals surface area (Å²) in [4.78, 5) is 14.0. The summed E-state index contributed by atoms with van der Waals surface area (Å²) in [6.07, 6.45) is 1.82. The topological polar surface area (TPSA) is 61.1 Å². The van der Waals surface area contributed by atoms with Crippen LogP contribution in [0.1, 0.15) is 11.3 Å². The maximum Gasteiger partial charge on any atom is 0.227 e. The predicted molar refractivity (Wildman–Crippen MR) is 85.0 cm³/mol. The van der Waals surface area contributed by atoms with Crippen molar-refractivity contribution in [2.45, 2.75) is 13.0 Å². The first kappa shape index (κ1) is 16.7. The van der Waals surface area contributed by atoms with Gasteiger partial charge in [0.25, 0.3) is 0 Å². The van der Waals surface area contributed by atoms with Gasteiger partial charge in [0, 0.05) is 7.05 Å². The standard InChI is InChI=1S/C17H21NO5/c1-18(11-13-6-5-7-23-13)16(19)10-12-8-14(20-2)17(22-4)15(9-12)21-3/h5-9H,10-11H2,1-4H3. The van der Waals surface area contributed by atoms with E-state index in [0.29, 0.717) is 23.8 Å². The fourth-order valence-corrected chi connectivity index (χ4v) is 2.27. The highest BCUT2D eigenvalue weighted by molar-refractivity contribution is 5.79. The first-order chi connectivity index (χ1) is 11.1. The number of benzene rings is 1. The zero-order valence-corrected chi connectivity index (χ0v) is 13.8. The van der Waals surface area contributed by atoms with Gasteiger partial charge in [-0.25, -0.2) is 0 Å². The fourth-order valence-electron chi connectivity index (χ4n) is 2.27. The average molecular weight is 319 g/mol. The Bertz CT molecular complexity index is 626. The van der Waals surface area contributed by atoms with Crippen LogP contribution in [0.4, 0.5) is 0 Å². The summed E-state index contributed by atoms with van der Waals surface area (Å²) in [7, 11) is 6.38. The molecule has 0 atom stereocenters. The molecule has 0 radical (unpaired) electrons. The molecular weight excluding hydrogens is 298 g/mol. The Balaban J connectivity index is 2.13. The molecule has 0 aliphatic heterocycles. The van der Waals surface area contributed by atoms with Crippen molar-refractivity contribution < 1.29 is 23.4 Å². The van der Waals surface area contributed by atoms with E-state index in [0.717, 1.165) is 11.3 Å². The fraction of sp³-hybridized carbons (Fsp3) is 0.353. The van der Waals surface area contributed by atoms with Gasteiger partial charge in [0.05, 0.1) is 40.6 Å². The van der Waals surface area contributed by atoms with Gasteiger partial charge in [-0.15, -0.1) is 0 Å². The first-order valence-electron chi connectivity index (χ1n) is 7.14. The second kappa shape index (κ2) is 7.58. The van der Waals surface area contributed by atoms with Crippen molar-refractivity contribution >= 4 is 5.91 Å². The monoisotopic (exact) mass is 319 g/mol. The van der Waals surface area contributed by atoms with E-state index in [2.05, 4.69) is 0 Å². The van der Waals surface area contributed by atoms with E-state index in [1.54, 1.807) is 57.7 Å². The van der Waals surface area contributed by atoms with Gasteiger partial charge in [0.15, 0.2) is 11.5 Å². The van der Waals surface area contributed by atoms with Crippen molar-refractivity contribution in [3.05, 3.63) is 41.9 Å². The quantitative estimate of drug-likeness (QED) is 0.785. The Morgan fingerprint density at radius 2 is 1.78 bits per heavy atom. The zero-order chi connectivity index (χ0) is 16.8. The summed E-state index contributed by atoms with van der Waals surface area (Å²) in [6, 6.07) is 7.19. The van der Waals surface area contributed by atoms with Crippen LogP contribution in [0.2, 0.25) is 0 Å². The lowest BCUT2D eigenvalue weighted by Crippen LogP contribution is -2.27. The van der Waals surface area contributed by atoms with E-state index in [1.807, 2.05) is 6.07 Å². The third-order valence-corrected chi connectivity index (χ3v) is 3.48. The van der Waals surface area contributed by atoms with Crippen LogP contribution < -0.4 is 14.2 Å². The Morgan fingerprint density at radius 3 is 2.26 bits per heavy atom. The van der Waals surface area contributed by atoms with Gasteiger partial charge in [-0.05, 0) is 29.8 Å². The van der Waals surface area contributed by atoms with Crippen molar-refractivity contribution in [1.29, 1.82) is 0 Å². The molecule has 6 nitrogen and oxygen atoms in total. The predicted octanol–water partition coefficient (Wildman–Crippen LogP) is 2.51. The first-order valence-corrected chi connectivity index (χ1v) is 7.14. The highest BCUT2D eigenvalue weighted by Crippen LogP contribution is 2.38. The number of likely N-dealkylation sites (N-methyl/N-ethyl adjacent to an activating group) is 1. The Hall–Kier alpha value is -2.63. The Morgan fingerprint density at radius 1 is 1.13 bits per heavy atom. The van der Waals surface area contributed by atoms with Gasteiger partial charge < -0.3 is 23.5 Å². The molecule has 0 spiro atoms. The molecule has 124 valence electrons. The summed E-state index contributed by atoms with van der Waals surface area (Å²) in [6.45, 7) is 0.427. The number of hydrogen-bond donors (Lipinski definition) is 0. The number of rotatable bonds is 7. The average Bonchev–Trinajstić information content (AvgIpc) is 3.06. The molecule has 0 unspecified atom stereocenters. The second-order valence-corrected chi connectivity index (χ2v) is 5.04. The van der Waals surface area contributed by atoms with E-state index in [9.17, 15) is 4.79 Å². The molecule has 1 heterocycles. The van der Waals surface area contributed by atoms with E-state index >= 15 is 0 Å². The van der Waals surface area contributed by atoms with Crippen molar-refractivity contribution in [3.8, 4) is 17.2 Å². The van der Waals surface area contributed by atoms with Crippen LogP contribution in [0.25, 0.3) is 0 Å². The summed E-state index contributed by atoms with van der Waals surface area (Å²) in [5.41, 5.74) is 0.788. The lowest BCUT2D eigenvalue weighted by Gasteiger charge is -2.17. The van der Waals surface area contributed by atoms with Crippen molar-refractivity contribution in [1.82, 2.24) is 4.90 Å². The number of nitrogens with zero attached hydrogens (tertiary/aromatic N) is 1. The van der Waals surface area contributed by atoms with Gasteiger partial charge >= 0.3 is 0 Å². The molecule has 0 saturated carbocycles. The van der Waals surface area contributed by atoms with Crippen LogP contribution in [-0.4, -0.2) is 39.2 Å². The molecule has 1 amide bonds. The van der Waals surface area contributed by atoms with Crippen LogP contribution in [-0.2, 0) is 17.8 Å². The second-order valence-electron chi connectivity index (χ2n) is 5.04. The van der Waals surface area contributed by atoms with Crippen LogP contribution in [0.5, 0.6) is 17.2 Å². The SMILES string of the molecule is COc1cc(CC(=O)N(C)Cc2ccco2)cc(OC)c1OC. The largest absolute Gasteiger partial charge is 0.493 e. The normalized spacial score (nSPS) is 10.3. The maximum absolute atomic E-state index is 12.4. The molecule has 2 rings (SSSR count). The van der Waals surface area contributed by atoms with Gasteiger partial charge in [-0.2, -0.15) is 0 Å². The molecular formula is C17H21NO5. The number of amides is 1. The number of carbonyl (C=O) groups excluding carboxylic acids is 1.